The molecule has 0 aliphatic heterocycles. The molecule has 0 saturated heterocycles. The quantitative estimate of drug-likeness (QED) is 0.770. The molecule has 0 amide bonds. The molecule has 0 radical (unpaired) electrons. The van der Waals surface area contributed by atoms with Crippen molar-refractivity contribution in [3.8, 4) is 34.3 Å². The van der Waals surface area contributed by atoms with Gasteiger partial charge in [0.1, 0.15) is 34.3 Å². The summed E-state index contributed by atoms with van der Waals surface area (Å²) in [4.78, 5) is 0. The molecule has 3 rings (SSSR count). The van der Waals surface area contributed by atoms with Crippen molar-refractivity contribution >= 4 is 11.0 Å². The van der Waals surface area contributed by atoms with Crippen LogP contribution >= 0.6 is 0 Å². The maximum Gasteiger partial charge on any atom is 0.142 e. The average Bonchev–Trinajstić information content (AvgIpc) is 2.91. The van der Waals surface area contributed by atoms with Crippen molar-refractivity contribution in [2.24, 2.45) is 0 Å². The second-order valence-electron chi connectivity index (χ2n) is 4.55. The van der Waals surface area contributed by atoms with Gasteiger partial charge in [0.15, 0.2) is 0 Å². The lowest BCUT2D eigenvalue weighted by atomic mass is 10.1. The van der Waals surface area contributed by atoms with Crippen molar-refractivity contribution in [3.05, 3.63) is 36.4 Å². The van der Waals surface area contributed by atoms with Gasteiger partial charge in [-0.05, 0) is 18.2 Å². The number of ether oxygens (including phenoxy) is 2. The molecule has 1 aromatic heterocycles. The Hall–Kier alpha value is -2.82. The summed E-state index contributed by atoms with van der Waals surface area (Å²) in [5, 5.41) is 20.1. The van der Waals surface area contributed by atoms with Crippen LogP contribution in [0.3, 0.4) is 0 Å². The molecule has 0 unspecified atom stereocenters. The largest absolute Gasteiger partial charge is 0.508 e. The van der Waals surface area contributed by atoms with Gasteiger partial charge in [-0.1, -0.05) is 0 Å². The first kappa shape index (κ1) is 13.2. The van der Waals surface area contributed by atoms with Gasteiger partial charge in [0.05, 0.1) is 25.2 Å². The molecule has 2 N–H and O–H groups in total. The minimum Gasteiger partial charge on any atom is -0.508 e. The number of aromatic hydroxyl groups is 2. The summed E-state index contributed by atoms with van der Waals surface area (Å²) in [6, 6.07) is 9.69. The Bertz CT molecular complexity index is 804. The first-order valence-corrected chi connectivity index (χ1v) is 6.30. The van der Waals surface area contributed by atoms with Crippen molar-refractivity contribution in [2.75, 3.05) is 14.2 Å². The van der Waals surface area contributed by atoms with Crippen molar-refractivity contribution in [1.82, 2.24) is 0 Å². The van der Waals surface area contributed by atoms with E-state index >= 15 is 0 Å². The number of fused-ring (bicyclic) bond motifs is 1. The average molecular weight is 286 g/mol. The number of phenols is 2. The highest BCUT2D eigenvalue weighted by Gasteiger charge is 2.15. The summed E-state index contributed by atoms with van der Waals surface area (Å²) in [5.74, 6) is 1.72. The van der Waals surface area contributed by atoms with Gasteiger partial charge >= 0.3 is 0 Å². The summed E-state index contributed by atoms with van der Waals surface area (Å²) >= 11 is 0. The predicted molar refractivity (Wildman–Crippen MR) is 78.1 cm³/mol. The number of hydrogen-bond acceptors (Lipinski definition) is 5. The first-order valence-electron chi connectivity index (χ1n) is 6.30. The zero-order chi connectivity index (χ0) is 15.0. The van der Waals surface area contributed by atoms with Crippen LogP contribution in [-0.4, -0.2) is 24.4 Å². The Labute approximate surface area is 121 Å². The number of phenolic OH excluding ortho intramolecular Hbond substituents is 2. The molecule has 5 nitrogen and oxygen atoms in total. The van der Waals surface area contributed by atoms with E-state index in [2.05, 4.69) is 0 Å². The van der Waals surface area contributed by atoms with E-state index in [1.165, 1.54) is 26.4 Å². The summed E-state index contributed by atoms with van der Waals surface area (Å²) in [6.45, 7) is 0. The molecule has 1 heterocycles. The van der Waals surface area contributed by atoms with Crippen LogP contribution in [0.1, 0.15) is 0 Å². The van der Waals surface area contributed by atoms with Crippen molar-refractivity contribution in [1.29, 1.82) is 0 Å². The van der Waals surface area contributed by atoms with Crippen molar-refractivity contribution < 1.29 is 24.1 Å². The highest BCUT2D eigenvalue weighted by molar-refractivity contribution is 5.90. The highest BCUT2D eigenvalue weighted by atomic mass is 16.5. The molecule has 0 bridgehead atoms. The fraction of sp³-hybridized carbons (Fsp3) is 0.125. The molecular weight excluding hydrogens is 272 g/mol. The Morgan fingerprint density at radius 3 is 2.48 bits per heavy atom. The predicted octanol–water partition coefficient (Wildman–Crippen LogP) is 3.53. The highest BCUT2D eigenvalue weighted by Crippen LogP contribution is 2.39. The fourth-order valence-electron chi connectivity index (χ4n) is 2.23. The monoisotopic (exact) mass is 286 g/mol. The SMILES string of the molecule is COc1cc(O)c2cc(-c3ccc(O)cc3OC)oc2c1. The molecule has 108 valence electrons. The van der Waals surface area contributed by atoms with E-state index in [1.807, 2.05) is 0 Å². The first-order chi connectivity index (χ1) is 10.1. The summed E-state index contributed by atoms with van der Waals surface area (Å²) < 4.78 is 16.1. The maximum absolute atomic E-state index is 10.0. The minimum absolute atomic E-state index is 0.0806. The number of methoxy groups -OCH3 is 2. The molecule has 0 atom stereocenters. The molecular formula is C16H14O5. The van der Waals surface area contributed by atoms with E-state index in [0.29, 0.717) is 33.8 Å². The fourth-order valence-corrected chi connectivity index (χ4v) is 2.23. The van der Waals surface area contributed by atoms with Crippen LogP contribution in [0, 0.1) is 0 Å². The van der Waals surface area contributed by atoms with E-state index in [9.17, 15) is 10.2 Å². The van der Waals surface area contributed by atoms with Gasteiger partial charge in [-0.2, -0.15) is 0 Å². The molecule has 0 aliphatic carbocycles. The standard InChI is InChI=1S/C16H14O5/c1-19-10-6-13(18)12-8-16(21-15(12)7-10)11-4-3-9(17)5-14(11)20-2/h3-8,17-18H,1-2H3. The van der Waals surface area contributed by atoms with E-state index in [-0.39, 0.29) is 11.5 Å². The zero-order valence-electron chi connectivity index (χ0n) is 11.6. The van der Waals surface area contributed by atoms with Crippen LogP contribution < -0.4 is 9.47 Å². The van der Waals surface area contributed by atoms with Crippen molar-refractivity contribution in [2.45, 2.75) is 0 Å². The van der Waals surface area contributed by atoms with Gasteiger partial charge in [0.2, 0.25) is 0 Å². The van der Waals surface area contributed by atoms with Crippen LogP contribution in [0.5, 0.6) is 23.0 Å². The van der Waals surface area contributed by atoms with Crippen LogP contribution in [0.25, 0.3) is 22.3 Å². The lowest BCUT2D eigenvalue weighted by Gasteiger charge is -2.06. The number of rotatable bonds is 3. The molecule has 21 heavy (non-hydrogen) atoms. The van der Waals surface area contributed by atoms with Gasteiger partial charge in [-0.3, -0.25) is 0 Å². The minimum atomic E-state index is 0.0806. The van der Waals surface area contributed by atoms with Gasteiger partial charge in [-0.25, -0.2) is 0 Å². The summed E-state index contributed by atoms with van der Waals surface area (Å²) in [6.07, 6.45) is 0. The third-order valence-electron chi connectivity index (χ3n) is 3.28. The van der Waals surface area contributed by atoms with E-state index < -0.39 is 0 Å². The lowest BCUT2D eigenvalue weighted by molar-refractivity contribution is 0.407. The number of furan rings is 1. The van der Waals surface area contributed by atoms with E-state index in [4.69, 9.17) is 13.9 Å². The topological polar surface area (TPSA) is 72.1 Å². The molecule has 3 aromatic rings. The van der Waals surface area contributed by atoms with Gasteiger partial charge in [0, 0.05) is 18.2 Å². The third kappa shape index (κ3) is 2.23. The zero-order valence-corrected chi connectivity index (χ0v) is 11.6. The van der Waals surface area contributed by atoms with E-state index in [1.54, 1.807) is 24.3 Å². The molecule has 0 aliphatic rings. The van der Waals surface area contributed by atoms with Crippen LogP contribution in [0.4, 0.5) is 0 Å². The summed E-state index contributed by atoms with van der Waals surface area (Å²) in [5.41, 5.74) is 1.20. The molecule has 0 saturated carbocycles. The molecule has 0 spiro atoms. The summed E-state index contributed by atoms with van der Waals surface area (Å²) in [7, 11) is 3.04. The third-order valence-corrected chi connectivity index (χ3v) is 3.28. The Morgan fingerprint density at radius 1 is 0.952 bits per heavy atom. The van der Waals surface area contributed by atoms with E-state index in [0.717, 1.165) is 0 Å². The molecule has 0 fully saturated rings. The van der Waals surface area contributed by atoms with Crippen LogP contribution in [-0.2, 0) is 0 Å². The number of hydrogen-bond donors (Lipinski definition) is 2. The van der Waals surface area contributed by atoms with Crippen LogP contribution in [0.2, 0.25) is 0 Å². The Kier molecular flexibility index (Phi) is 3.10. The molecule has 2 aromatic carbocycles. The van der Waals surface area contributed by atoms with Gasteiger partial charge < -0.3 is 24.1 Å². The second kappa shape index (κ2) is 4.94. The van der Waals surface area contributed by atoms with Gasteiger partial charge in [-0.15, -0.1) is 0 Å². The second-order valence-corrected chi connectivity index (χ2v) is 4.55. The normalized spacial score (nSPS) is 10.8. The lowest BCUT2D eigenvalue weighted by Crippen LogP contribution is -1.86. The Morgan fingerprint density at radius 2 is 1.76 bits per heavy atom. The smallest absolute Gasteiger partial charge is 0.142 e. The van der Waals surface area contributed by atoms with Gasteiger partial charge in [0.25, 0.3) is 0 Å². The Balaban J connectivity index is 2.20. The maximum atomic E-state index is 10.0. The molecule has 5 heteroatoms. The number of benzene rings is 2. The van der Waals surface area contributed by atoms with Crippen molar-refractivity contribution in [3.63, 3.8) is 0 Å². The van der Waals surface area contributed by atoms with Crippen LogP contribution in [0.15, 0.2) is 40.8 Å².